The number of nitrogens with one attached hydrogen (secondary N) is 2. The van der Waals surface area contributed by atoms with Crippen molar-refractivity contribution in [1.82, 2.24) is 14.9 Å². The topological polar surface area (TPSA) is 78.5 Å². The van der Waals surface area contributed by atoms with E-state index in [1.165, 1.54) is 6.26 Å². The summed E-state index contributed by atoms with van der Waals surface area (Å²) >= 11 is 0. The van der Waals surface area contributed by atoms with Gasteiger partial charge in [0, 0.05) is 26.2 Å². The molecule has 2 N–H and O–H groups in total. The highest BCUT2D eigenvalue weighted by Gasteiger charge is 2.29. The Hall–Kier alpha value is -0.660. The van der Waals surface area contributed by atoms with E-state index in [-0.39, 0.29) is 17.7 Å². The third kappa shape index (κ3) is 4.71. The van der Waals surface area contributed by atoms with Gasteiger partial charge >= 0.3 is 0 Å². The van der Waals surface area contributed by atoms with Crippen molar-refractivity contribution in [2.24, 2.45) is 11.8 Å². The molecule has 7 heteroatoms. The van der Waals surface area contributed by atoms with Crippen molar-refractivity contribution < 1.29 is 13.2 Å². The van der Waals surface area contributed by atoms with Crippen molar-refractivity contribution in [3.05, 3.63) is 0 Å². The van der Waals surface area contributed by atoms with Gasteiger partial charge < -0.3 is 10.2 Å². The SMILES string of the molecule is CS(=O)(=O)NCC1CCCN(C(=O)[C@@H]2CCCNC2)C1. The Balaban J connectivity index is 1.84. The second-order valence-electron chi connectivity index (χ2n) is 5.96. The van der Waals surface area contributed by atoms with Gasteiger partial charge in [-0.2, -0.15) is 0 Å². The Labute approximate surface area is 121 Å². The molecule has 2 saturated heterocycles. The minimum absolute atomic E-state index is 0.102. The van der Waals surface area contributed by atoms with Crippen LogP contribution in [0.5, 0.6) is 0 Å². The normalized spacial score (nSPS) is 28.4. The van der Waals surface area contributed by atoms with E-state index in [0.29, 0.717) is 13.1 Å². The first-order valence-electron chi connectivity index (χ1n) is 7.40. The Morgan fingerprint density at radius 1 is 1.35 bits per heavy atom. The van der Waals surface area contributed by atoms with E-state index in [1.807, 2.05) is 4.90 Å². The van der Waals surface area contributed by atoms with Gasteiger partial charge in [0.2, 0.25) is 15.9 Å². The maximum Gasteiger partial charge on any atom is 0.226 e. The molecule has 0 saturated carbocycles. The minimum atomic E-state index is -3.15. The Morgan fingerprint density at radius 2 is 2.15 bits per heavy atom. The molecule has 0 radical (unpaired) electrons. The van der Waals surface area contributed by atoms with Gasteiger partial charge in [-0.15, -0.1) is 0 Å². The minimum Gasteiger partial charge on any atom is -0.342 e. The lowest BCUT2D eigenvalue weighted by atomic mass is 9.94. The summed E-state index contributed by atoms with van der Waals surface area (Å²) in [6, 6.07) is 0. The Bertz CT molecular complexity index is 432. The van der Waals surface area contributed by atoms with Gasteiger partial charge in [-0.3, -0.25) is 4.79 Å². The molecule has 2 heterocycles. The van der Waals surface area contributed by atoms with E-state index in [4.69, 9.17) is 0 Å². The Morgan fingerprint density at radius 3 is 2.80 bits per heavy atom. The number of hydrogen-bond acceptors (Lipinski definition) is 4. The number of piperidine rings is 2. The van der Waals surface area contributed by atoms with Crippen LogP contribution in [0.4, 0.5) is 0 Å². The van der Waals surface area contributed by atoms with Crippen LogP contribution in [0.3, 0.4) is 0 Å². The van der Waals surface area contributed by atoms with Gasteiger partial charge in [0.15, 0.2) is 0 Å². The molecular formula is C13H25N3O3S. The van der Waals surface area contributed by atoms with Crippen LogP contribution in [-0.4, -0.2) is 58.2 Å². The predicted octanol–water partition coefficient (Wildman–Crippen LogP) is -0.226. The summed E-state index contributed by atoms with van der Waals surface area (Å²) in [6.45, 7) is 3.71. The summed E-state index contributed by atoms with van der Waals surface area (Å²) < 4.78 is 24.8. The van der Waals surface area contributed by atoms with Gasteiger partial charge in [-0.25, -0.2) is 13.1 Å². The molecule has 2 aliphatic rings. The van der Waals surface area contributed by atoms with Gasteiger partial charge in [-0.05, 0) is 38.1 Å². The predicted molar refractivity (Wildman–Crippen MR) is 77.7 cm³/mol. The van der Waals surface area contributed by atoms with Crippen LogP contribution in [0.25, 0.3) is 0 Å². The van der Waals surface area contributed by atoms with Crippen molar-refractivity contribution in [3.63, 3.8) is 0 Å². The number of amides is 1. The molecule has 1 amide bonds. The van der Waals surface area contributed by atoms with Gasteiger partial charge in [0.05, 0.1) is 12.2 Å². The fourth-order valence-electron chi connectivity index (χ4n) is 3.02. The summed E-state index contributed by atoms with van der Waals surface area (Å²) in [6.07, 6.45) is 5.14. The third-order valence-corrected chi connectivity index (χ3v) is 4.80. The summed E-state index contributed by atoms with van der Waals surface area (Å²) in [5, 5.41) is 3.27. The molecule has 2 aliphatic heterocycles. The molecule has 0 aromatic heterocycles. The molecule has 2 fully saturated rings. The fourth-order valence-corrected chi connectivity index (χ4v) is 3.56. The number of sulfonamides is 1. The molecule has 1 unspecified atom stereocenters. The smallest absolute Gasteiger partial charge is 0.226 e. The molecule has 0 aromatic carbocycles. The molecule has 0 aromatic rings. The number of carbonyl (C=O) groups excluding carboxylic acids is 1. The van der Waals surface area contributed by atoms with E-state index >= 15 is 0 Å². The molecule has 2 atom stereocenters. The molecule has 2 rings (SSSR count). The van der Waals surface area contributed by atoms with Crippen LogP contribution in [0, 0.1) is 11.8 Å². The van der Waals surface area contributed by atoms with Crippen LogP contribution in [-0.2, 0) is 14.8 Å². The highest BCUT2D eigenvalue weighted by Crippen LogP contribution is 2.20. The van der Waals surface area contributed by atoms with Gasteiger partial charge in [-0.1, -0.05) is 0 Å². The summed E-state index contributed by atoms with van der Waals surface area (Å²) in [7, 11) is -3.15. The zero-order chi connectivity index (χ0) is 14.6. The molecule has 6 nitrogen and oxygen atoms in total. The third-order valence-electron chi connectivity index (χ3n) is 4.11. The molecular weight excluding hydrogens is 278 g/mol. The van der Waals surface area contributed by atoms with Crippen molar-refractivity contribution in [2.45, 2.75) is 25.7 Å². The molecule has 0 aliphatic carbocycles. The largest absolute Gasteiger partial charge is 0.342 e. The number of carbonyl (C=O) groups is 1. The lowest BCUT2D eigenvalue weighted by Gasteiger charge is -2.36. The zero-order valence-corrected chi connectivity index (χ0v) is 12.9. The second-order valence-corrected chi connectivity index (χ2v) is 7.79. The maximum atomic E-state index is 12.4. The van der Waals surface area contributed by atoms with Gasteiger partial charge in [0.25, 0.3) is 0 Å². The average Bonchev–Trinajstić information content (AvgIpc) is 2.45. The first kappa shape index (κ1) is 15.7. The van der Waals surface area contributed by atoms with E-state index < -0.39 is 10.0 Å². The maximum absolute atomic E-state index is 12.4. The lowest BCUT2D eigenvalue weighted by molar-refractivity contribution is -0.137. The first-order chi connectivity index (χ1) is 9.46. The van der Waals surface area contributed by atoms with E-state index in [0.717, 1.165) is 45.3 Å². The van der Waals surface area contributed by atoms with Crippen LogP contribution in [0.2, 0.25) is 0 Å². The quantitative estimate of drug-likeness (QED) is 0.752. The number of hydrogen-bond donors (Lipinski definition) is 2. The van der Waals surface area contributed by atoms with Crippen molar-refractivity contribution in [1.29, 1.82) is 0 Å². The molecule has 0 bridgehead atoms. The number of likely N-dealkylation sites (tertiary alicyclic amines) is 1. The Kier molecular flexibility index (Phi) is 5.40. The first-order valence-corrected chi connectivity index (χ1v) is 9.29. The number of nitrogens with zero attached hydrogens (tertiary/aromatic N) is 1. The highest BCUT2D eigenvalue weighted by molar-refractivity contribution is 7.88. The van der Waals surface area contributed by atoms with E-state index in [9.17, 15) is 13.2 Å². The fraction of sp³-hybridized carbons (Fsp3) is 0.923. The standard InChI is InChI=1S/C13H25N3O3S/c1-20(18,19)15-8-11-4-3-7-16(10-11)13(17)12-5-2-6-14-9-12/h11-12,14-15H,2-10H2,1H3/t11?,12-/m1/s1. The van der Waals surface area contributed by atoms with Crippen LogP contribution in [0.1, 0.15) is 25.7 Å². The van der Waals surface area contributed by atoms with Crippen molar-refractivity contribution in [3.8, 4) is 0 Å². The van der Waals surface area contributed by atoms with E-state index in [1.54, 1.807) is 0 Å². The molecule has 0 spiro atoms. The monoisotopic (exact) mass is 303 g/mol. The summed E-state index contributed by atoms with van der Waals surface area (Å²) in [5.41, 5.74) is 0. The van der Waals surface area contributed by atoms with Crippen LogP contribution in [0.15, 0.2) is 0 Å². The molecule has 20 heavy (non-hydrogen) atoms. The van der Waals surface area contributed by atoms with Crippen molar-refractivity contribution in [2.75, 3.05) is 39.0 Å². The van der Waals surface area contributed by atoms with E-state index in [2.05, 4.69) is 10.0 Å². The second kappa shape index (κ2) is 6.87. The van der Waals surface area contributed by atoms with Crippen molar-refractivity contribution >= 4 is 15.9 Å². The lowest BCUT2D eigenvalue weighted by Crippen LogP contribution is -2.48. The zero-order valence-electron chi connectivity index (χ0n) is 12.1. The number of rotatable bonds is 4. The average molecular weight is 303 g/mol. The van der Waals surface area contributed by atoms with Crippen LogP contribution < -0.4 is 10.0 Å². The summed E-state index contributed by atoms with van der Waals surface area (Å²) in [5.74, 6) is 0.575. The molecule has 116 valence electrons. The highest BCUT2D eigenvalue weighted by atomic mass is 32.2. The summed E-state index contributed by atoms with van der Waals surface area (Å²) in [4.78, 5) is 14.4. The van der Waals surface area contributed by atoms with Crippen LogP contribution >= 0.6 is 0 Å². The van der Waals surface area contributed by atoms with Gasteiger partial charge in [0.1, 0.15) is 0 Å².